The van der Waals surface area contributed by atoms with E-state index in [-0.39, 0.29) is 23.7 Å². The summed E-state index contributed by atoms with van der Waals surface area (Å²) in [6, 6.07) is 8.27. The Balaban J connectivity index is 0.00000264. The van der Waals surface area contributed by atoms with E-state index in [0.717, 1.165) is 30.8 Å². The minimum atomic E-state index is 0. The van der Waals surface area contributed by atoms with Gasteiger partial charge in [0, 0.05) is 24.0 Å². The Morgan fingerprint density at radius 2 is 1.96 bits per heavy atom. The van der Waals surface area contributed by atoms with Crippen molar-refractivity contribution in [1.82, 2.24) is 10.6 Å². The van der Waals surface area contributed by atoms with Crippen LogP contribution in [0.3, 0.4) is 0 Å². The highest BCUT2D eigenvalue weighted by Crippen LogP contribution is 2.28. The lowest BCUT2D eigenvalue weighted by molar-refractivity contribution is -0.119. The zero-order valence-electron chi connectivity index (χ0n) is 13.9. The summed E-state index contributed by atoms with van der Waals surface area (Å²) >= 11 is 1.58. The minimum Gasteiger partial charge on any atom is -0.384 e. The maximum Gasteiger partial charge on any atom is 0.230 e. The molecule has 1 amide bonds. The molecule has 0 aliphatic carbocycles. The molecular formula is C17H27ClN2O2S. The Morgan fingerprint density at radius 3 is 2.57 bits per heavy atom. The molecule has 0 spiro atoms. The number of halogens is 1. The Morgan fingerprint density at radius 1 is 1.30 bits per heavy atom. The van der Waals surface area contributed by atoms with Gasteiger partial charge in [0.25, 0.3) is 0 Å². The second kappa shape index (κ2) is 10.2. The SMILES string of the molecule is COCC1(CNC(=O)CSc2ccc(C)cc2)CCNCC1.Cl. The van der Waals surface area contributed by atoms with E-state index in [1.807, 2.05) is 0 Å². The molecule has 1 fully saturated rings. The van der Waals surface area contributed by atoms with E-state index in [1.165, 1.54) is 5.56 Å². The monoisotopic (exact) mass is 358 g/mol. The molecule has 1 aromatic rings. The molecule has 0 saturated carbocycles. The average molecular weight is 359 g/mol. The number of carbonyl (C=O) groups excluding carboxylic acids is 1. The van der Waals surface area contributed by atoms with Crippen molar-refractivity contribution >= 4 is 30.1 Å². The summed E-state index contributed by atoms with van der Waals surface area (Å²) in [6.07, 6.45) is 2.10. The van der Waals surface area contributed by atoms with E-state index in [9.17, 15) is 4.79 Å². The van der Waals surface area contributed by atoms with Gasteiger partial charge in [0.2, 0.25) is 5.91 Å². The zero-order valence-corrected chi connectivity index (χ0v) is 15.5. The molecule has 1 heterocycles. The lowest BCUT2D eigenvalue weighted by atomic mass is 9.79. The van der Waals surface area contributed by atoms with Crippen LogP contribution in [0.2, 0.25) is 0 Å². The molecular weight excluding hydrogens is 332 g/mol. The number of benzene rings is 1. The van der Waals surface area contributed by atoms with Gasteiger partial charge in [0.05, 0.1) is 12.4 Å². The number of rotatable bonds is 7. The van der Waals surface area contributed by atoms with Crippen molar-refractivity contribution in [2.75, 3.05) is 39.1 Å². The molecule has 4 nitrogen and oxygen atoms in total. The molecule has 1 aliphatic rings. The fourth-order valence-electron chi connectivity index (χ4n) is 2.76. The first kappa shape index (κ1) is 20.3. The smallest absolute Gasteiger partial charge is 0.230 e. The van der Waals surface area contributed by atoms with Crippen LogP contribution in [-0.2, 0) is 9.53 Å². The van der Waals surface area contributed by atoms with Crippen LogP contribution < -0.4 is 10.6 Å². The van der Waals surface area contributed by atoms with E-state index in [4.69, 9.17) is 4.74 Å². The third-order valence-corrected chi connectivity index (χ3v) is 5.18. The summed E-state index contributed by atoms with van der Waals surface area (Å²) in [4.78, 5) is 13.2. The van der Waals surface area contributed by atoms with Gasteiger partial charge in [0.15, 0.2) is 0 Å². The van der Waals surface area contributed by atoms with Crippen LogP contribution in [-0.4, -0.2) is 45.0 Å². The Hall–Kier alpha value is -0.750. The number of hydrogen-bond donors (Lipinski definition) is 2. The number of amides is 1. The predicted octanol–water partition coefficient (Wildman–Crippen LogP) is 2.64. The van der Waals surface area contributed by atoms with Crippen LogP contribution in [0, 0.1) is 12.3 Å². The average Bonchev–Trinajstić information content (AvgIpc) is 2.54. The van der Waals surface area contributed by atoms with Crippen molar-refractivity contribution in [3.63, 3.8) is 0 Å². The highest BCUT2D eigenvalue weighted by molar-refractivity contribution is 8.00. The summed E-state index contributed by atoms with van der Waals surface area (Å²) in [6.45, 7) is 5.47. The quantitative estimate of drug-likeness (QED) is 0.736. The molecule has 23 heavy (non-hydrogen) atoms. The largest absolute Gasteiger partial charge is 0.384 e. The third kappa shape index (κ3) is 6.71. The van der Waals surface area contributed by atoms with Crippen LogP contribution in [0.1, 0.15) is 18.4 Å². The van der Waals surface area contributed by atoms with Gasteiger partial charge >= 0.3 is 0 Å². The lowest BCUT2D eigenvalue weighted by Gasteiger charge is -2.37. The summed E-state index contributed by atoms with van der Waals surface area (Å²) in [5, 5.41) is 6.46. The summed E-state index contributed by atoms with van der Waals surface area (Å²) in [5.41, 5.74) is 1.32. The summed E-state index contributed by atoms with van der Waals surface area (Å²) in [5.74, 6) is 0.560. The number of piperidine rings is 1. The Labute approximate surface area is 149 Å². The van der Waals surface area contributed by atoms with Crippen molar-refractivity contribution in [2.24, 2.45) is 5.41 Å². The Kier molecular flexibility index (Phi) is 8.99. The topological polar surface area (TPSA) is 50.4 Å². The molecule has 0 aromatic heterocycles. The van der Waals surface area contributed by atoms with Crippen molar-refractivity contribution in [3.05, 3.63) is 29.8 Å². The number of methoxy groups -OCH3 is 1. The standard InChI is InChI=1S/C17H26N2O2S.ClH/c1-14-3-5-15(6-4-14)22-11-16(20)19-12-17(13-21-2)7-9-18-10-8-17;/h3-6,18H,7-13H2,1-2H3,(H,19,20);1H. The van der Waals surface area contributed by atoms with Crippen molar-refractivity contribution in [3.8, 4) is 0 Å². The number of thioether (sulfide) groups is 1. The maximum atomic E-state index is 12.1. The summed E-state index contributed by atoms with van der Waals surface area (Å²) in [7, 11) is 1.73. The predicted molar refractivity (Wildman–Crippen MR) is 98.6 cm³/mol. The molecule has 0 atom stereocenters. The second-order valence-electron chi connectivity index (χ2n) is 6.06. The van der Waals surface area contributed by atoms with Crippen LogP contribution in [0.25, 0.3) is 0 Å². The molecule has 2 N–H and O–H groups in total. The fourth-order valence-corrected chi connectivity index (χ4v) is 3.48. The molecule has 6 heteroatoms. The molecule has 1 saturated heterocycles. The first-order valence-electron chi connectivity index (χ1n) is 7.79. The molecule has 0 unspecified atom stereocenters. The molecule has 0 bridgehead atoms. The van der Waals surface area contributed by atoms with Crippen molar-refractivity contribution in [1.29, 1.82) is 0 Å². The van der Waals surface area contributed by atoms with E-state index in [2.05, 4.69) is 41.8 Å². The lowest BCUT2D eigenvalue weighted by Crippen LogP contribution is -2.47. The third-order valence-electron chi connectivity index (χ3n) is 4.17. The van der Waals surface area contributed by atoms with Crippen LogP contribution in [0.15, 0.2) is 29.2 Å². The number of nitrogens with one attached hydrogen (secondary N) is 2. The fraction of sp³-hybridized carbons (Fsp3) is 0.588. The first-order valence-corrected chi connectivity index (χ1v) is 8.78. The van der Waals surface area contributed by atoms with Crippen molar-refractivity contribution in [2.45, 2.75) is 24.7 Å². The maximum absolute atomic E-state index is 12.1. The molecule has 130 valence electrons. The van der Waals surface area contributed by atoms with Gasteiger partial charge in [-0.3, -0.25) is 4.79 Å². The highest BCUT2D eigenvalue weighted by atomic mass is 35.5. The highest BCUT2D eigenvalue weighted by Gasteiger charge is 2.32. The van der Waals surface area contributed by atoms with Gasteiger partial charge in [-0.15, -0.1) is 24.2 Å². The number of ether oxygens (including phenoxy) is 1. The van der Waals surface area contributed by atoms with E-state index in [0.29, 0.717) is 18.9 Å². The zero-order chi connectivity index (χ0) is 15.8. The second-order valence-corrected chi connectivity index (χ2v) is 7.11. The summed E-state index contributed by atoms with van der Waals surface area (Å²) < 4.78 is 5.37. The van der Waals surface area contributed by atoms with E-state index in [1.54, 1.807) is 18.9 Å². The first-order chi connectivity index (χ1) is 10.6. The van der Waals surface area contributed by atoms with Crippen LogP contribution in [0.4, 0.5) is 0 Å². The van der Waals surface area contributed by atoms with E-state index < -0.39 is 0 Å². The van der Waals surface area contributed by atoms with Gasteiger partial charge in [-0.25, -0.2) is 0 Å². The number of hydrogen-bond acceptors (Lipinski definition) is 4. The molecule has 1 aliphatic heterocycles. The van der Waals surface area contributed by atoms with Gasteiger partial charge < -0.3 is 15.4 Å². The number of aryl methyl sites for hydroxylation is 1. The normalized spacial score (nSPS) is 16.4. The van der Waals surface area contributed by atoms with Crippen LogP contribution in [0.5, 0.6) is 0 Å². The van der Waals surface area contributed by atoms with Gasteiger partial charge in [-0.2, -0.15) is 0 Å². The van der Waals surface area contributed by atoms with Gasteiger partial charge in [-0.05, 0) is 45.0 Å². The molecule has 1 aromatic carbocycles. The van der Waals surface area contributed by atoms with Gasteiger partial charge in [-0.1, -0.05) is 17.7 Å². The van der Waals surface area contributed by atoms with Gasteiger partial charge in [0.1, 0.15) is 0 Å². The number of carbonyl (C=O) groups is 1. The van der Waals surface area contributed by atoms with E-state index >= 15 is 0 Å². The Bertz CT molecular complexity index is 470. The van der Waals surface area contributed by atoms with Crippen LogP contribution >= 0.6 is 24.2 Å². The molecule has 2 rings (SSSR count). The van der Waals surface area contributed by atoms with Crippen molar-refractivity contribution < 1.29 is 9.53 Å². The molecule has 0 radical (unpaired) electrons. The minimum absolute atomic E-state index is 0.